The smallest absolute Gasteiger partial charge is 0.0465 e. The number of para-hydroxylation sites is 2. The van der Waals surface area contributed by atoms with Crippen molar-refractivity contribution in [2.24, 2.45) is 0 Å². The summed E-state index contributed by atoms with van der Waals surface area (Å²) in [4.78, 5) is 2.36. The Bertz CT molecular complexity index is 2370. The molecule has 0 spiro atoms. The lowest BCUT2D eigenvalue weighted by Gasteiger charge is -2.28. The van der Waals surface area contributed by atoms with E-state index in [0.29, 0.717) is 0 Å². The van der Waals surface area contributed by atoms with E-state index in [1.54, 1.807) is 0 Å². The SMILES string of the molecule is CC1(C)c2cc(-c3ccc4ccc5c(Br)ccc6ccc3c4c65)ccc2-c2ccc(N(c3ccccc3)c3ccccc3)cc21. The fraction of sp³-hybridized carbons (Fsp3) is 0.0698. The summed E-state index contributed by atoms with van der Waals surface area (Å²) in [5.41, 5.74) is 11.3. The number of halogens is 1. The van der Waals surface area contributed by atoms with Gasteiger partial charge in [-0.25, -0.2) is 0 Å². The third-order valence-corrected chi connectivity index (χ3v) is 10.6. The van der Waals surface area contributed by atoms with Crippen molar-refractivity contribution in [2.75, 3.05) is 4.90 Å². The average molecular weight is 641 g/mol. The van der Waals surface area contributed by atoms with Crippen LogP contribution in [0.15, 0.2) is 150 Å². The zero-order valence-corrected chi connectivity index (χ0v) is 26.8. The monoisotopic (exact) mass is 639 g/mol. The third kappa shape index (κ3) is 3.92. The second-order valence-electron chi connectivity index (χ2n) is 12.7. The molecule has 9 rings (SSSR count). The van der Waals surface area contributed by atoms with Gasteiger partial charge in [0.1, 0.15) is 0 Å². The second kappa shape index (κ2) is 9.79. The first-order valence-corrected chi connectivity index (χ1v) is 16.3. The van der Waals surface area contributed by atoms with Crippen molar-refractivity contribution < 1.29 is 0 Å². The van der Waals surface area contributed by atoms with Crippen molar-refractivity contribution in [1.82, 2.24) is 0 Å². The number of nitrogens with zero attached hydrogens (tertiary/aromatic N) is 1. The highest BCUT2D eigenvalue weighted by atomic mass is 79.9. The van der Waals surface area contributed by atoms with Gasteiger partial charge in [-0.15, -0.1) is 0 Å². The van der Waals surface area contributed by atoms with Crippen molar-refractivity contribution in [1.29, 1.82) is 0 Å². The van der Waals surface area contributed by atoms with Gasteiger partial charge >= 0.3 is 0 Å². The molecule has 0 amide bonds. The third-order valence-electron chi connectivity index (χ3n) is 9.87. The first kappa shape index (κ1) is 26.5. The Labute approximate surface area is 271 Å². The molecule has 0 atom stereocenters. The van der Waals surface area contributed by atoms with Crippen LogP contribution >= 0.6 is 15.9 Å². The molecule has 0 fully saturated rings. The van der Waals surface area contributed by atoms with Crippen LogP contribution in [0, 0.1) is 0 Å². The number of fused-ring (bicyclic) bond motifs is 3. The molecule has 0 unspecified atom stereocenters. The van der Waals surface area contributed by atoms with E-state index in [1.807, 2.05) is 0 Å². The zero-order chi connectivity index (χ0) is 30.3. The molecule has 1 aliphatic rings. The molecule has 0 bridgehead atoms. The van der Waals surface area contributed by atoms with Gasteiger partial charge in [0.05, 0.1) is 0 Å². The molecular weight excluding hydrogens is 610 g/mol. The molecule has 2 heteroatoms. The Morgan fingerprint density at radius 1 is 0.467 bits per heavy atom. The number of rotatable bonds is 4. The second-order valence-corrected chi connectivity index (χ2v) is 13.6. The van der Waals surface area contributed by atoms with Crippen molar-refractivity contribution >= 4 is 65.3 Å². The fourth-order valence-corrected chi connectivity index (χ4v) is 8.11. The van der Waals surface area contributed by atoms with Crippen LogP contribution in [0.1, 0.15) is 25.0 Å². The molecular formula is C43H30BrN. The van der Waals surface area contributed by atoms with Gasteiger partial charge in [-0.3, -0.25) is 0 Å². The molecule has 214 valence electrons. The maximum atomic E-state index is 3.80. The van der Waals surface area contributed by atoms with E-state index >= 15 is 0 Å². The minimum absolute atomic E-state index is 0.148. The summed E-state index contributed by atoms with van der Waals surface area (Å²) in [6, 6.07) is 53.5. The van der Waals surface area contributed by atoms with Gasteiger partial charge in [0.25, 0.3) is 0 Å². The molecule has 45 heavy (non-hydrogen) atoms. The Balaban J connectivity index is 1.19. The first-order chi connectivity index (χ1) is 22.0. The molecule has 0 aromatic heterocycles. The molecule has 0 aliphatic heterocycles. The lowest BCUT2D eigenvalue weighted by atomic mass is 9.81. The van der Waals surface area contributed by atoms with Crippen molar-refractivity contribution in [3.05, 3.63) is 161 Å². The van der Waals surface area contributed by atoms with Crippen LogP contribution in [0.4, 0.5) is 17.1 Å². The summed E-state index contributed by atoms with van der Waals surface area (Å²) in [6.07, 6.45) is 0. The maximum absolute atomic E-state index is 3.80. The van der Waals surface area contributed by atoms with E-state index in [2.05, 4.69) is 180 Å². The Kier molecular flexibility index (Phi) is 5.76. The number of hydrogen-bond acceptors (Lipinski definition) is 1. The Morgan fingerprint density at radius 2 is 1.00 bits per heavy atom. The predicted octanol–water partition coefficient (Wildman–Crippen LogP) is 12.8. The summed E-state index contributed by atoms with van der Waals surface area (Å²) < 4.78 is 1.14. The lowest BCUT2D eigenvalue weighted by Crippen LogP contribution is -2.16. The Morgan fingerprint density at radius 3 is 1.69 bits per heavy atom. The van der Waals surface area contributed by atoms with E-state index in [-0.39, 0.29) is 5.41 Å². The van der Waals surface area contributed by atoms with Crippen LogP contribution < -0.4 is 4.90 Å². The number of benzene rings is 8. The summed E-state index contributed by atoms with van der Waals surface area (Å²) in [5.74, 6) is 0. The van der Waals surface area contributed by atoms with Crippen molar-refractivity contribution in [3.63, 3.8) is 0 Å². The molecule has 1 aliphatic carbocycles. The molecule has 1 nitrogen and oxygen atoms in total. The summed E-state index contributed by atoms with van der Waals surface area (Å²) in [5, 5.41) is 7.82. The quantitative estimate of drug-likeness (QED) is 0.173. The first-order valence-electron chi connectivity index (χ1n) is 15.5. The minimum atomic E-state index is -0.148. The summed E-state index contributed by atoms with van der Waals surface area (Å²) >= 11 is 3.80. The minimum Gasteiger partial charge on any atom is -0.310 e. The van der Waals surface area contributed by atoms with E-state index in [9.17, 15) is 0 Å². The molecule has 0 heterocycles. The zero-order valence-electron chi connectivity index (χ0n) is 25.2. The highest BCUT2D eigenvalue weighted by Gasteiger charge is 2.36. The highest BCUT2D eigenvalue weighted by Crippen LogP contribution is 2.52. The standard InChI is InChI=1S/C43H30BrN/c1-43(2)38-25-29(33-19-13-27-15-22-37-40(44)24-17-28-14-21-36(33)41(27)42(28)37)16-20-34(38)35-23-18-32(26-39(35)43)45(30-9-5-3-6-10-30)31-11-7-4-8-12-31/h3-26H,1-2H3. The van der Waals surface area contributed by atoms with Gasteiger partial charge < -0.3 is 4.90 Å². The average Bonchev–Trinajstić information content (AvgIpc) is 3.30. The predicted molar refractivity (Wildman–Crippen MR) is 196 cm³/mol. The summed E-state index contributed by atoms with van der Waals surface area (Å²) in [7, 11) is 0. The van der Waals surface area contributed by atoms with Crippen LogP contribution in [0.25, 0.3) is 54.6 Å². The van der Waals surface area contributed by atoms with E-state index in [4.69, 9.17) is 0 Å². The number of anilines is 3. The molecule has 8 aromatic carbocycles. The molecule has 8 aromatic rings. The van der Waals surface area contributed by atoms with Gasteiger partial charge in [0.2, 0.25) is 0 Å². The van der Waals surface area contributed by atoms with E-state index in [0.717, 1.165) is 15.8 Å². The van der Waals surface area contributed by atoms with Crippen LogP contribution in [0.3, 0.4) is 0 Å². The van der Waals surface area contributed by atoms with Crippen LogP contribution in [0.2, 0.25) is 0 Å². The van der Waals surface area contributed by atoms with Gasteiger partial charge in [0, 0.05) is 26.9 Å². The summed E-state index contributed by atoms with van der Waals surface area (Å²) in [6.45, 7) is 4.75. The maximum Gasteiger partial charge on any atom is 0.0465 e. The fourth-order valence-electron chi connectivity index (χ4n) is 7.65. The highest BCUT2D eigenvalue weighted by molar-refractivity contribution is 9.10. The normalized spacial score (nSPS) is 13.4. The van der Waals surface area contributed by atoms with Gasteiger partial charge in [0.15, 0.2) is 0 Å². The largest absolute Gasteiger partial charge is 0.310 e. The van der Waals surface area contributed by atoms with Gasteiger partial charge in [-0.2, -0.15) is 0 Å². The van der Waals surface area contributed by atoms with Gasteiger partial charge in [-0.05, 0) is 114 Å². The van der Waals surface area contributed by atoms with E-state index in [1.165, 1.54) is 71.4 Å². The number of hydrogen-bond donors (Lipinski definition) is 0. The van der Waals surface area contributed by atoms with E-state index < -0.39 is 0 Å². The van der Waals surface area contributed by atoms with Crippen molar-refractivity contribution in [3.8, 4) is 22.3 Å². The van der Waals surface area contributed by atoms with Gasteiger partial charge in [-0.1, -0.05) is 127 Å². The lowest BCUT2D eigenvalue weighted by molar-refractivity contribution is 0.660. The molecule has 0 saturated heterocycles. The van der Waals surface area contributed by atoms with Crippen LogP contribution in [0.5, 0.6) is 0 Å². The van der Waals surface area contributed by atoms with Crippen LogP contribution in [-0.4, -0.2) is 0 Å². The topological polar surface area (TPSA) is 3.24 Å². The van der Waals surface area contributed by atoms with Crippen LogP contribution in [-0.2, 0) is 5.41 Å². The molecule has 0 N–H and O–H groups in total. The van der Waals surface area contributed by atoms with Crippen molar-refractivity contribution in [2.45, 2.75) is 19.3 Å². The molecule has 0 saturated carbocycles. The Hall–Kier alpha value is -4.92. The molecule has 0 radical (unpaired) electrons.